The molecule has 0 aliphatic rings. The van der Waals surface area contributed by atoms with E-state index < -0.39 is 22.0 Å². The van der Waals surface area contributed by atoms with Crippen molar-refractivity contribution in [2.75, 3.05) is 31.2 Å². The molecule has 0 saturated heterocycles. The van der Waals surface area contributed by atoms with Gasteiger partial charge in [-0.25, -0.2) is 10.4 Å². The van der Waals surface area contributed by atoms with Crippen molar-refractivity contribution < 1.29 is 35.9 Å². The summed E-state index contributed by atoms with van der Waals surface area (Å²) in [6.07, 6.45) is 0. The summed E-state index contributed by atoms with van der Waals surface area (Å²) in [6, 6.07) is 1.88. The smallest absolute Gasteiger partial charge is 0.254 e. The number of quaternary nitrogens is 2. The number of nitrogens with two attached hydrogens (primary N) is 1. The van der Waals surface area contributed by atoms with E-state index in [9.17, 15) is 20.4 Å². The van der Waals surface area contributed by atoms with Crippen LogP contribution in [0.5, 0.6) is 0 Å². The predicted octanol–water partition coefficient (Wildman–Crippen LogP) is -3.62. The van der Waals surface area contributed by atoms with Crippen LogP contribution in [0.15, 0.2) is 12.1 Å². The number of nitrogens with one attached hydrogen (secondary N) is 2. The third kappa shape index (κ3) is 4.09. The Bertz CT molecular complexity index is 517. The van der Waals surface area contributed by atoms with Crippen LogP contribution in [-0.2, 0) is 0 Å². The van der Waals surface area contributed by atoms with Gasteiger partial charge in [-0.2, -0.15) is 10.5 Å². The number of carbonyl (C=O) groups excluding carboxylic acids is 1. The number of carbonyl (C=O) groups is 1. The third-order valence-corrected chi connectivity index (χ3v) is 2.94. The number of nitrogens with zero attached hydrogens (tertiary/aromatic N) is 1. The van der Waals surface area contributed by atoms with Crippen LogP contribution in [0.4, 0.5) is 17.1 Å². The van der Waals surface area contributed by atoms with Crippen molar-refractivity contribution in [2.45, 2.75) is 0 Å². The van der Waals surface area contributed by atoms with Gasteiger partial charge in [-0.05, 0) is 6.07 Å². The first-order chi connectivity index (χ1) is 10.3. The van der Waals surface area contributed by atoms with Gasteiger partial charge in [-0.3, -0.25) is 4.79 Å². The predicted molar refractivity (Wildman–Crippen MR) is 72.9 cm³/mol. The van der Waals surface area contributed by atoms with E-state index in [1.54, 1.807) is 0 Å². The number of amides is 1. The van der Waals surface area contributed by atoms with Crippen LogP contribution in [0.3, 0.4) is 0 Å². The molecule has 2 unspecified atom stereocenters. The first-order valence-corrected chi connectivity index (χ1v) is 6.24. The van der Waals surface area contributed by atoms with Crippen molar-refractivity contribution >= 4 is 23.0 Å². The molecule has 0 heterocycles. The van der Waals surface area contributed by atoms with Gasteiger partial charge in [0.25, 0.3) is 5.91 Å². The number of aliphatic hydroxyl groups is 2. The average Bonchev–Trinajstić information content (AvgIpc) is 2.45. The van der Waals surface area contributed by atoms with E-state index in [1.165, 1.54) is 4.90 Å². The number of hydrogen-bond acceptors (Lipinski definition) is 8. The second kappa shape index (κ2) is 7.98. The monoisotopic (exact) mass is 318 g/mol. The highest BCUT2D eigenvalue weighted by atomic mass is 16.8. The molecule has 11 heteroatoms. The molecular weight excluding hydrogens is 300 g/mol. The first-order valence-electron chi connectivity index (χ1n) is 6.24. The second-order valence-corrected chi connectivity index (χ2v) is 4.32. The zero-order valence-electron chi connectivity index (χ0n) is 11.5. The second-order valence-electron chi connectivity index (χ2n) is 4.32. The number of primary amides is 1. The summed E-state index contributed by atoms with van der Waals surface area (Å²) in [4.78, 5) is 12.7. The van der Waals surface area contributed by atoms with E-state index >= 15 is 0 Å². The molecule has 0 aliphatic heterocycles. The maximum absolute atomic E-state index is 11.4. The zero-order valence-corrected chi connectivity index (χ0v) is 11.5. The summed E-state index contributed by atoms with van der Waals surface area (Å²) in [6.45, 7) is -0.672. The molecule has 2 atom stereocenters. The molecule has 124 valence electrons. The quantitative estimate of drug-likeness (QED) is 0.240. The minimum atomic E-state index is -1.49. The summed E-state index contributed by atoms with van der Waals surface area (Å²) in [5, 5.41) is 55.9. The molecule has 22 heavy (non-hydrogen) atoms. The molecule has 0 radical (unpaired) electrons. The molecule has 0 aliphatic carbocycles. The minimum Gasteiger partial charge on any atom is -0.595 e. The lowest BCUT2D eigenvalue weighted by atomic mass is 10.1. The topological polar surface area (TPSA) is 182 Å². The van der Waals surface area contributed by atoms with Gasteiger partial charge in [0.15, 0.2) is 11.4 Å². The molecule has 0 bridgehead atoms. The molecule has 0 aromatic heterocycles. The molecule has 1 aromatic rings. The number of benzene rings is 1. The van der Waals surface area contributed by atoms with Gasteiger partial charge in [-0.1, -0.05) is 0 Å². The van der Waals surface area contributed by atoms with Crippen LogP contribution in [-0.4, -0.2) is 52.8 Å². The van der Waals surface area contributed by atoms with Crippen molar-refractivity contribution in [3.05, 3.63) is 28.1 Å². The molecule has 1 amide bonds. The highest BCUT2D eigenvalue weighted by Crippen LogP contribution is 2.28. The molecule has 8 N–H and O–H groups in total. The fourth-order valence-electron chi connectivity index (χ4n) is 2.00. The van der Waals surface area contributed by atoms with Crippen LogP contribution >= 0.6 is 0 Å². The average molecular weight is 318 g/mol. The Balaban J connectivity index is 3.52. The molecule has 11 nitrogen and oxygen atoms in total. The summed E-state index contributed by atoms with van der Waals surface area (Å²) in [5.74, 6) is -1.02. The number of anilines is 1. The van der Waals surface area contributed by atoms with E-state index in [-0.39, 0.29) is 43.2 Å². The Kier molecular flexibility index (Phi) is 6.61. The zero-order chi connectivity index (χ0) is 16.9. The van der Waals surface area contributed by atoms with Crippen LogP contribution in [0, 0.1) is 10.4 Å². The molecular formula is C11H18N4O7. The first kappa shape index (κ1) is 18.2. The van der Waals surface area contributed by atoms with Crippen molar-refractivity contribution in [3.8, 4) is 0 Å². The van der Waals surface area contributed by atoms with Crippen LogP contribution < -0.4 is 21.1 Å². The van der Waals surface area contributed by atoms with Gasteiger partial charge >= 0.3 is 0 Å². The highest BCUT2D eigenvalue weighted by Gasteiger charge is 2.24. The largest absolute Gasteiger partial charge is 0.595 e. The van der Waals surface area contributed by atoms with E-state index in [0.717, 1.165) is 12.1 Å². The lowest BCUT2D eigenvalue weighted by Gasteiger charge is -2.27. The lowest BCUT2D eigenvalue weighted by Crippen LogP contribution is -3.01. The van der Waals surface area contributed by atoms with Crippen LogP contribution in [0.1, 0.15) is 10.4 Å². The molecule has 1 aromatic carbocycles. The Labute approximate surface area is 125 Å². The van der Waals surface area contributed by atoms with Crippen molar-refractivity contribution in [3.63, 3.8) is 0 Å². The molecule has 0 fully saturated rings. The van der Waals surface area contributed by atoms with Gasteiger partial charge in [0, 0.05) is 13.1 Å². The van der Waals surface area contributed by atoms with Crippen molar-refractivity contribution in [2.24, 2.45) is 5.73 Å². The van der Waals surface area contributed by atoms with Gasteiger partial charge in [0.1, 0.15) is 11.3 Å². The fraction of sp³-hybridized carbons (Fsp3) is 0.364. The van der Waals surface area contributed by atoms with Gasteiger partial charge < -0.3 is 31.3 Å². The Hall–Kier alpha value is -1.83. The lowest BCUT2D eigenvalue weighted by molar-refractivity contribution is -0.996. The van der Waals surface area contributed by atoms with E-state index in [0.29, 0.717) is 0 Å². The number of aliphatic hydroxyl groups excluding tert-OH is 2. The SMILES string of the molecule is NC(=O)c1cc(N(CCO)CCO)c([NH+]([O-])O)cc1[NH+]([O-])O. The van der Waals surface area contributed by atoms with E-state index in [1.807, 2.05) is 0 Å². The molecule has 1 rings (SSSR count). The Morgan fingerprint density at radius 3 is 1.95 bits per heavy atom. The maximum atomic E-state index is 11.4. The maximum Gasteiger partial charge on any atom is 0.254 e. The molecule has 0 spiro atoms. The summed E-state index contributed by atoms with van der Waals surface area (Å²) in [7, 11) is 0. The highest BCUT2D eigenvalue weighted by molar-refractivity contribution is 5.99. The van der Waals surface area contributed by atoms with Gasteiger partial charge in [0.05, 0.1) is 19.3 Å². The van der Waals surface area contributed by atoms with Crippen LogP contribution in [0.25, 0.3) is 0 Å². The van der Waals surface area contributed by atoms with Crippen molar-refractivity contribution in [1.82, 2.24) is 0 Å². The van der Waals surface area contributed by atoms with E-state index in [2.05, 4.69) is 0 Å². The fourth-order valence-corrected chi connectivity index (χ4v) is 2.00. The number of hydrogen-bond donors (Lipinski definition) is 7. The Morgan fingerprint density at radius 2 is 1.59 bits per heavy atom. The number of rotatable bonds is 8. The summed E-state index contributed by atoms with van der Waals surface area (Å²) >= 11 is 0. The van der Waals surface area contributed by atoms with Gasteiger partial charge in [-0.15, -0.1) is 0 Å². The minimum absolute atomic E-state index is 0.00519. The van der Waals surface area contributed by atoms with Crippen molar-refractivity contribution in [1.29, 1.82) is 0 Å². The molecule has 0 saturated carbocycles. The van der Waals surface area contributed by atoms with Gasteiger partial charge in [0.2, 0.25) is 0 Å². The third-order valence-electron chi connectivity index (χ3n) is 2.94. The Morgan fingerprint density at radius 1 is 1.09 bits per heavy atom. The standard InChI is InChI=1S/C11H18N4O7/c12-11(18)7-5-9(13(1-3-16)2-4-17)10(15(21)22)6-8(7)14(19)20/h5-6,14-17,19,21H,1-4H2,(H2,12,18). The van der Waals surface area contributed by atoms with E-state index in [4.69, 9.17) is 21.2 Å². The normalized spacial score (nSPS) is 13.7. The van der Waals surface area contributed by atoms with Crippen LogP contribution in [0.2, 0.25) is 0 Å². The summed E-state index contributed by atoms with van der Waals surface area (Å²) < 4.78 is 0. The summed E-state index contributed by atoms with van der Waals surface area (Å²) in [5.41, 5.74) is 3.87.